The quantitative estimate of drug-likeness (QED) is 0.779. The Morgan fingerprint density at radius 2 is 1.15 bits per heavy atom. The number of carbonyl (C=O) groups excluding carboxylic acids is 2. The maximum absolute atomic E-state index is 12.6. The normalized spacial score (nSPS) is 16.3. The van der Waals surface area contributed by atoms with E-state index in [1.54, 1.807) is 13.8 Å². The summed E-state index contributed by atoms with van der Waals surface area (Å²) in [6.07, 6.45) is 0. The largest absolute Gasteiger partial charge is 0.289 e. The van der Waals surface area contributed by atoms with E-state index in [0.717, 1.165) is 11.1 Å². The van der Waals surface area contributed by atoms with Crippen LogP contribution in [0.1, 0.15) is 25.0 Å². The Bertz CT molecular complexity index is 680. The molecule has 0 aromatic carbocycles. The van der Waals surface area contributed by atoms with Gasteiger partial charge in [-0.3, -0.25) is 9.59 Å². The van der Waals surface area contributed by atoms with Crippen LogP contribution in [0.25, 0.3) is 11.1 Å². The van der Waals surface area contributed by atoms with Gasteiger partial charge in [-0.25, -0.2) is 0 Å². The Morgan fingerprint density at radius 1 is 0.750 bits per heavy atom. The lowest BCUT2D eigenvalue weighted by Crippen LogP contribution is -2.20. The molecule has 0 radical (unpaired) electrons. The average molecular weight is 300 g/mol. The minimum absolute atomic E-state index is 0.0401. The Morgan fingerprint density at radius 3 is 1.45 bits per heavy atom. The molecule has 2 aromatic rings. The third-order valence-electron chi connectivity index (χ3n) is 3.57. The summed E-state index contributed by atoms with van der Waals surface area (Å²) >= 11 is 3.05. The summed E-state index contributed by atoms with van der Waals surface area (Å²) in [6, 6.07) is 3.79. The highest BCUT2D eigenvalue weighted by molar-refractivity contribution is 7.08. The van der Waals surface area contributed by atoms with Crippen LogP contribution in [-0.4, -0.2) is 11.6 Å². The number of Topliss-reactive ketones (excluding diaryl/α,β-unsaturated/α-hetero) is 2. The molecule has 100 valence electrons. The van der Waals surface area contributed by atoms with Crippen molar-refractivity contribution in [1.82, 2.24) is 0 Å². The fourth-order valence-corrected chi connectivity index (χ4v) is 3.60. The van der Waals surface area contributed by atoms with Crippen LogP contribution in [0.15, 0.2) is 44.8 Å². The minimum atomic E-state index is -0.0401. The summed E-state index contributed by atoms with van der Waals surface area (Å²) in [5.74, 6) is -0.0802. The molecule has 1 aliphatic carbocycles. The van der Waals surface area contributed by atoms with Gasteiger partial charge < -0.3 is 0 Å². The fourth-order valence-electron chi connectivity index (χ4n) is 2.31. The molecule has 0 bridgehead atoms. The van der Waals surface area contributed by atoms with Crippen LogP contribution in [0.2, 0.25) is 0 Å². The Balaban J connectivity index is 2.31. The summed E-state index contributed by atoms with van der Waals surface area (Å²) in [5.41, 5.74) is 3.85. The molecule has 0 unspecified atom stereocenters. The molecule has 1 aliphatic rings. The highest BCUT2D eigenvalue weighted by Crippen LogP contribution is 2.37. The molecule has 0 saturated carbocycles. The zero-order valence-electron chi connectivity index (χ0n) is 11.1. The Hall–Kier alpha value is -1.78. The zero-order valence-corrected chi connectivity index (χ0v) is 12.7. The van der Waals surface area contributed by atoms with Gasteiger partial charge in [0.2, 0.25) is 0 Å². The number of allylic oxidation sites excluding steroid dienone is 4. The van der Waals surface area contributed by atoms with Crippen LogP contribution in [0.5, 0.6) is 0 Å². The molecule has 20 heavy (non-hydrogen) atoms. The van der Waals surface area contributed by atoms with E-state index in [1.165, 1.54) is 22.7 Å². The van der Waals surface area contributed by atoms with Crippen LogP contribution < -0.4 is 0 Å². The fraction of sp³-hybridized carbons (Fsp3) is 0.125. The molecule has 2 heterocycles. The van der Waals surface area contributed by atoms with E-state index >= 15 is 0 Å². The van der Waals surface area contributed by atoms with Crippen molar-refractivity contribution in [1.29, 1.82) is 0 Å². The second-order valence-electron chi connectivity index (χ2n) is 4.68. The summed E-state index contributed by atoms with van der Waals surface area (Å²) in [7, 11) is 0. The van der Waals surface area contributed by atoms with Gasteiger partial charge in [0.1, 0.15) is 0 Å². The molecule has 0 atom stereocenters. The first-order valence-electron chi connectivity index (χ1n) is 6.17. The molecule has 4 heteroatoms. The number of rotatable bonds is 2. The van der Waals surface area contributed by atoms with E-state index in [1.807, 2.05) is 33.7 Å². The van der Waals surface area contributed by atoms with Gasteiger partial charge in [-0.15, -0.1) is 0 Å². The lowest BCUT2D eigenvalue weighted by molar-refractivity contribution is -0.113. The smallest absolute Gasteiger partial charge is 0.190 e. The average Bonchev–Trinajstić information content (AvgIpc) is 3.12. The maximum Gasteiger partial charge on any atom is 0.190 e. The SMILES string of the molecule is CC1=C(C)C(=O)C(c2ccsc2)=C(c2ccsc2)C1=O. The number of hydrogen-bond acceptors (Lipinski definition) is 4. The van der Waals surface area contributed by atoms with Gasteiger partial charge in [0.05, 0.1) is 0 Å². The van der Waals surface area contributed by atoms with Crippen molar-refractivity contribution in [3.8, 4) is 0 Å². The number of ketones is 2. The van der Waals surface area contributed by atoms with Crippen molar-refractivity contribution in [3.05, 3.63) is 55.9 Å². The molecule has 0 N–H and O–H groups in total. The van der Waals surface area contributed by atoms with Gasteiger partial charge in [-0.1, -0.05) is 0 Å². The van der Waals surface area contributed by atoms with Crippen LogP contribution in [0, 0.1) is 0 Å². The predicted octanol–water partition coefficient (Wildman–Crippen LogP) is 4.21. The van der Waals surface area contributed by atoms with E-state index in [4.69, 9.17) is 0 Å². The number of thiophene rings is 2. The number of carbonyl (C=O) groups is 2. The van der Waals surface area contributed by atoms with Crippen molar-refractivity contribution < 1.29 is 9.59 Å². The molecular formula is C16H12O2S2. The molecule has 0 saturated heterocycles. The van der Waals surface area contributed by atoms with Crippen molar-refractivity contribution in [2.45, 2.75) is 13.8 Å². The monoisotopic (exact) mass is 300 g/mol. The van der Waals surface area contributed by atoms with Gasteiger partial charge in [0.25, 0.3) is 0 Å². The standard InChI is InChI=1S/C16H12O2S2/c1-9-10(2)16(18)14(12-4-6-20-8-12)13(15(9)17)11-3-5-19-7-11/h3-8H,1-2H3. The highest BCUT2D eigenvalue weighted by atomic mass is 32.1. The molecular weight excluding hydrogens is 288 g/mol. The van der Waals surface area contributed by atoms with Crippen molar-refractivity contribution in [2.75, 3.05) is 0 Å². The first kappa shape index (κ1) is 13.2. The van der Waals surface area contributed by atoms with E-state index in [0.29, 0.717) is 22.3 Å². The molecule has 2 aromatic heterocycles. The van der Waals surface area contributed by atoms with Gasteiger partial charge in [0.15, 0.2) is 11.6 Å². The molecule has 2 nitrogen and oxygen atoms in total. The number of hydrogen-bond donors (Lipinski definition) is 0. The predicted molar refractivity (Wildman–Crippen MR) is 83.8 cm³/mol. The first-order valence-corrected chi connectivity index (χ1v) is 8.06. The van der Waals surface area contributed by atoms with Crippen LogP contribution in [0.4, 0.5) is 0 Å². The lowest BCUT2D eigenvalue weighted by atomic mass is 9.81. The molecule has 0 amide bonds. The van der Waals surface area contributed by atoms with Gasteiger partial charge >= 0.3 is 0 Å². The van der Waals surface area contributed by atoms with Crippen molar-refractivity contribution in [3.63, 3.8) is 0 Å². The Kier molecular flexibility index (Phi) is 3.28. The molecule has 0 spiro atoms. The second-order valence-corrected chi connectivity index (χ2v) is 6.24. The third-order valence-corrected chi connectivity index (χ3v) is 4.93. The van der Waals surface area contributed by atoms with Crippen molar-refractivity contribution in [2.24, 2.45) is 0 Å². The van der Waals surface area contributed by atoms with Gasteiger partial charge in [-0.05, 0) is 58.6 Å². The molecule has 0 fully saturated rings. The van der Waals surface area contributed by atoms with E-state index < -0.39 is 0 Å². The van der Waals surface area contributed by atoms with Gasteiger partial charge in [0, 0.05) is 22.3 Å². The molecule has 3 rings (SSSR count). The van der Waals surface area contributed by atoms with Crippen molar-refractivity contribution >= 4 is 45.4 Å². The summed E-state index contributed by atoms with van der Waals surface area (Å²) < 4.78 is 0. The van der Waals surface area contributed by atoms with Crippen LogP contribution >= 0.6 is 22.7 Å². The Labute approximate surface area is 125 Å². The minimum Gasteiger partial charge on any atom is -0.289 e. The summed E-state index contributed by atoms with van der Waals surface area (Å²) in [5, 5.41) is 7.68. The maximum atomic E-state index is 12.6. The zero-order chi connectivity index (χ0) is 14.3. The molecule has 0 aliphatic heterocycles. The van der Waals surface area contributed by atoms with Gasteiger partial charge in [-0.2, -0.15) is 22.7 Å². The van der Waals surface area contributed by atoms with E-state index in [2.05, 4.69) is 0 Å². The summed E-state index contributed by atoms with van der Waals surface area (Å²) in [4.78, 5) is 25.3. The van der Waals surface area contributed by atoms with Crippen LogP contribution in [-0.2, 0) is 9.59 Å². The van der Waals surface area contributed by atoms with E-state index in [9.17, 15) is 9.59 Å². The lowest BCUT2D eigenvalue weighted by Gasteiger charge is -2.19. The summed E-state index contributed by atoms with van der Waals surface area (Å²) in [6.45, 7) is 3.46. The van der Waals surface area contributed by atoms with E-state index in [-0.39, 0.29) is 11.6 Å². The second kappa shape index (κ2) is 4.96. The van der Waals surface area contributed by atoms with Crippen LogP contribution in [0.3, 0.4) is 0 Å². The highest BCUT2D eigenvalue weighted by Gasteiger charge is 2.32. The third kappa shape index (κ3) is 1.92. The topological polar surface area (TPSA) is 34.1 Å². The first-order chi connectivity index (χ1) is 9.61.